The number of fused-ring (bicyclic) bond motifs is 1. The molecule has 4 rings (SSSR count). The third-order valence-corrected chi connectivity index (χ3v) is 7.12. The molecule has 0 atom stereocenters. The van der Waals surface area contributed by atoms with Gasteiger partial charge in [0.1, 0.15) is 0 Å². The topological polar surface area (TPSA) is 51.0 Å². The van der Waals surface area contributed by atoms with Crippen molar-refractivity contribution < 1.29 is 4.79 Å². The molecule has 2 aromatic heterocycles. The predicted octanol–water partition coefficient (Wildman–Crippen LogP) is 6.28. The van der Waals surface area contributed by atoms with Crippen LogP contribution in [0, 0.1) is 13.8 Å². The molecule has 30 heavy (non-hydrogen) atoms. The molecule has 0 saturated carbocycles. The van der Waals surface area contributed by atoms with Crippen LogP contribution in [-0.2, 0) is 17.6 Å². The fourth-order valence-electron chi connectivity index (χ4n) is 3.18. The molecule has 0 spiro atoms. The second kappa shape index (κ2) is 8.41. The average molecular weight is 457 g/mol. The molecule has 0 N–H and O–H groups in total. The monoisotopic (exact) mass is 456 g/mol. The van der Waals surface area contributed by atoms with E-state index in [1.165, 1.54) is 16.9 Å². The van der Waals surface area contributed by atoms with E-state index in [0.717, 1.165) is 33.1 Å². The standard InChI is InChI=1S/C22H21ClN4OS2/c1-13-5-7-18(9-14(13)2)27(15(3)28)22-24-17(12-30-22)11-29-21-25-19-10-16(23)6-8-20(19)26(21)4/h5-10,12H,11H2,1-4H3. The maximum Gasteiger partial charge on any atom is 0.230 e. The summed E-state index contributed by atoms with van der Waals surface area (Å²) in [5.41, 5.74) is 6.02. The van der Waals surface area contributed by atoms with E-state index in [1.807, 2.05) is 55.7 Å². The zero-order chi connectivity index (χ0) is 21.4. The lowest BCUT2D eigenvalue weighted by Gasteiger charge is -2.19. The SMILES string of the molecule is CC(=O)N(c1ccc(C)c(C)c1)c1nc(CSc2nc3cc(Cl)ccc3n2C)cs1. The van der Waals surface area contributed by atoms with Crippen LogP contribution < -0.4 is 4.90 Å². The maximum absolute atomic E-state index is 12.4. The summed E-state index contributed by atoms with van der Waals surface area (Å²) in [4.78, 5) is 23.4. The number of benzene rings is 2. The van der Waals surface area contributed by atoms with Crippen LogP contribution >= 0.6 is 34.7 Å². The number of hydrogen-bond donors (Lipinski definition) is 0. The van der Waals surface area contributed by atoms with E-state index in [-0.39, 0.29) is 5.91 Å². The average Bonchev–Trinajstić information content (AvgIpc) is 3.27. The number of thiazole rings is 1. The second-order valence-corrected chi connectivity index (χ2v) is 9.34. The number of aromatic nitrogens is 3. The van der Waals surface area contributed by atoms with Gasteiger partial charge in [-0.15, -0.1) is 11.3 Å². The van der Waals surface area contributed by atoms with Crippen LogP contribution in [0.25, 0.3) is 11.0 Å². The van der Waals surface area contributed by atoms with Crippen LogP contribution in [0.2, 0.25) is 5.02 Å². The van der Waals surface area contributed by atoms with Gasteiger partial charge >= 0.3 is 0 Å². The lowest BCUT2D eigenvalue weighted by molar-refractivity contribution is -0.115. The zero-order valence-electron chi connectivity index (χ0n) is 17.1. The van der Waals surface area contributed by atoms with E-state index in [9.17, 15) is 4.79 Å². The van der Waals surface area contributed by atoms with Crippen molar-refractivity contribution >= 4 is 62.5 Å². The van der Waals surface area contributed by atoms with Gasteiger partial charge in [-0.1, -0.05) is 29.4 Å². The van der Waals surface area contributed by atoms with Gasteiger partial charge < -0.3 is 4.57 Å². The Hall–Kier alpha value is -2.35. The molecule has 0 aliphatic carbocycles. The number of amides is 1. The largest absolute Gasteiger partial charge is 0.322 e. The summed E-state index contributed by atoms with van der Waals surface area (Å²) in [6, 6.07) is 11.7. The summed E-state index contributed by atoms with van der Waals surface area (Å²) >= 11 is 9.17. The van der Waals surface area contributed by atoms with Gasteiger partial charge in [-0.2, -0.15) is 0 Å². The van der Waals surface area contributed by atoms with Gasteiger partial charge in [0.25, 0.3) is 0 Å². The molecule has 0 aliphatic rings. The molecule has 0 unspecified atom stereocenters. The van der Waals surface area contributed by atoms with Crippen molar-refractivity contribution in [3.8, 4) is 0 Å². The van der Waals surface area contributed by atoms with Crippen LogP contribution in [-0.4, -0.2) is 20.4 Å². The molecule has 0 aliphatic heterocycles. The fourth-order valence-corrected chi connectivity index (χ4v) is 5.21. The van der Waals surface area contributed by atoms with Crippen molar-refractivity contribution in [3.63, 3.8) is 0 Å². The van der Waals surface area contributed by atoms with E-state index in [1.54, 1.807) is 23.6 Å². The normalized spacial score (nSPS) is 11.2. The first-order valence-corrected chi connectivity index (χ1v) is 11.6. The van der Waals surface area contributed by atoms with Gasteiger partial charge in [0, 0.05) is 30.1 Å². The van der Waals surface area contributed by atoms with Crippen molar-refractivity contribution in [2.75, 3.05) is 4.90 Å². The molecule has 0 bridgehead atoms. The van der Waals surface area contributed by atoms with Crippen molar-refractivity contribution in [2.24, 2.45) is 7.05 Å². The number of nitrogens with zero attached hydrogens (tertiary/aromatic N) is 4. The summed E-state index contributed by atoms with van der Waals surface area (Å²) in [6.07, 6.45) is 0. The third-order valence-electron chi connectivity index (χ3n) is 4.95. The molecule has 2 aromatic carbocycles. The molecule has 4 aromatic rings. The highest BCUT2D eigenvalue weighted by molar-refractivity contribution is 7.98. The number of carbonyl (C=O) groups excluding carboxylic acids is 1. The first kappa shape index (κ1) is 20.9. The van der Waals surface area contributed by atoms with E-state index in [4.69, 9.17) is 16.6 Å². The van der Waals surface area contributed by atoms with E-state index in [0.29, 0.717) is 15.9 Å². The highest BCUT2D eigenvalue weighted by atomic mass is 35.5. The number of aryl methyl sites for hydroxylation is 3. The van der Waals surface area contributed by atoms with Gasteiger partial charge in [0.15, 0.2) is 10.3 Å². The Morgan fingerprint density at radius 1 is 1.17 bits per heavy atom. The van der Waals surface area contributed by atoms with Gasteiger partial charge in [-0.3, -0.25) is 9.69 Å². The number of anilines is 2. The maximum atomic E-state index is 12.4. The van der Waals surface area contributed by atoms with Crippen molar-refractivity contribution in [2.45, 2.75) is 31.7 Å². The van der Waals surface area contributed by atoms with Crippen LogP contribution in [0.15, 0.2) is 46.9 Å². The minimum absolute atomic E-state index is 0.0564. The summed E-state index contributed by atoms with van der Waals surface area (Å²) in [7, 11) is 2.00. The van der Waals surface area contributed by atoms with E-state index < -0.39 is 0 Å². The lowest BCUT2D eigenvalue weighted by atomic mass is 10.1. The molecular formula is C22H21ClN4OS2. The van der Waals surface area contributed by atoms with E-state index in [2.05, 4.69) is 16.5 Å². The number of thioether (sulfide) groups is 1. The molecule has 2 heterocycles. The second-order valence-electron chi connectivity index (χ2n) is 7.12. The van der Waals surface area contributed by atoms with Crippen LogP contribution in [0.3, 0.4) is 0 Å². The Labute approximate surface area is 188 Å². The summed E-state index contributed by atoms with van der Waals surface area (Å²) in [5.74, 6) is 0.610. The molecular weight excluding hydrogens is 436 g/mol. The third kappa shape index (κ3) is 4.10. The Morgan fingerprint density at radius 3 is 2.70 bits per heavy atom. The highest BCUT2D eigenvalue weighted by Gasteiger charge is 2.19. The van der Waals surface area contributed by atoms with Crippen molar-refractivity contribution in [1.29, 1.82) is 0 Å². The van der Waals surface area contributed by atoms with Gasteiger partial charge in [-0.05, 0) is 55.3 Å². The quantitative estimate of drug-likeness (QED) is 0.332. The minimum Gasteiger partial charge on any atom is -0.322 e. The Morgan fingerprint density at radius 2 is 1.97 bits per heavy atom. The number of halogens is 1. The van der Waals surface area contributed by atoms with Crippen molar-refractivity contribution in [1.82, 2.24) is 14.5 Å². The molecule has 154 valence electrons. The van der Waals surface area contributed by atoms with Crippen LogP contribution in [0.5, 0.6) is 0 Å². The summed E-state index contributed by atoms with van der Waals surface area (Å²) in [6.45, 7) is 5.67. The smallest absolute Gasteiger partial charge is 0.230 e. The molecule has 1 amide bonds. The molecule has 0 saturated heterocycles. The summed E-state index contributed by atoms with van der Waals surface area (Å²) < 4.78 is 2.06. The van der Waals surface area contributed by atoms with Gasteiger partial charge in [-0.25, -0.2) is 9.97 Å². The number of imidazole rings is 1. The summed E-state index contributed by atoms with van der Waals surface area (Å²) in [5, 5.41) is 4.26. The number of rotatable bonds is 5. The van der Waals surface area contributed by atoms with Crippen LogP contribution in [0.4, 0.5) is 10.8 Å². The minimum atomic E-state index is -0.0564. The number of carbonyl (C=O) groups is 1. The van der Waals surface area contributed by atoms with E-state index >= 15 is 0 Å². The first-order valence-electron chi connectivity index (χ1n) is 9.40. The van der Waals surface area contributed by atoms with Crippen LogP contribution in [0.1, 0.15) is 23.7 Å². The molecule has 5 nitrogen and oxygen atoms in total. The lowest BCUT2D eigenvalue weighted by Crippen LogP contribution is -2.22. The zero-order valence-corrected chi connectivity index (χ0v) is 19.5. The molecule has 0 radical (unpaired) electrons. The highest BCUT2D eigenvalue weighted by Crippen LogP contribution is 2.33. The Balaban J connectivity index is 1.55. The molecule has 0 fully saturated rings. The Bertz CT molecular complexity index is 1250. The first-order chi connectivity index (χ1) is 14.3. The predicted molar refractivity (Wildman–Crippen MR) is 126 cm³/mol. The van der Waals surface area contributed by atoms with Gasteiger partial charge in [0.05, 0.1) is 22.4 Å². The molecule has 8 heteroatoms. The fraction of sp³-hybridized carbons (Fsp3) is 0.227. The number of hydrogen-bond acceptors (Lipinski definition) is 5. The Kier molecular flexibility index (Phi) is 5.86. The van der Waals surface area contributed by atoms with Crippen molar-refractivity contribution in [3.05, 3.63) is 63.6 Å². The van der Waals surface area contributed by atoms with Gasteiger partial charge in [0.2, 0.25) is 5.91 Å².